The second-order valence-corrected chi connectivity index (χ2v) is 11.1. The van der Waals surface area contributed by atoms with Crippen LogP contribution in [0.25, 0.3) is 10.8 Å². The molecule has 0 aromatic heterocycles. The van der Waals surface area contributed by atoms with E-state index in [0.717, 1.165) is 39.0 Å². The number of hydrogen-bond donors (Lipinski definition) is 1. The molecule has 0 saturated carbocycles. The first kappa shape index (κ1) is 27.4. The maximum atomic E-state index is 13.5. The lowest BCUT2D eigenvalue weighted by Crippen LogP contribution is -2.50. The van der Waals surface area contributed by atoms with Crippen LogP contribution in [0.3, 0.4) is 0 Å². The third kappa shape index (κ3) is 6.50. The van der Waals surface area contributed by atoms with Crippen LogP contribution in [-0.2, 0) is 26.2 Å². The number of aryl methyl sites for hydroxylation is 1. The van der Waals surface area contributed by atoms with E-state index >= 15 is 0 Å². The smallest absolute Gasteiger partial charge is 0.243 e. The van der Waals surface area contributed by atoms with Crippen molar-refractivity contribution in [2.75, 3.05) is 20.1 Å². The lowest BCUT2D eigenvalue weighted by molar-refractivity contribution is -0.140. The monoisotopic (exact) mass is 509 g/mol. The highest BCUT2D eigenvalue weighted by atomic mass is 32.2. The molecule has 7 nitrogen and oxygen atoms in total. The van der Waals surface area contributed by atoms with Crippen molar-refractivity contribution in [3.63, 3.8) is 0 Å². The van der Waals surface area contributed by atoms with Gasteiger partial charge in [0, 0.05) is 20.1 Å². The molecule has 0 aliphatic carbocycles. The standard InChI is InChI=1S/C28H35N3O4S/c1-5-6-17-29-28(33)22(3)31(19-25-14-8-7-11-21(25)2)27(32)20-30(4)36(34,35)26-16-15-23-12-9-10-13-24(23)18-26/h7-16,18,22H,5-6,17,19-20H2,1-4H3,(H,29,33)/t22-/m0/s1. The number of fused-ring (bicyclic) bond motifs is 1. The molecular formula is C28H35N3O4S. The Kier molecular flexibility index (Phi) is 9.23. The predicted octanol–water partition coefficient (Wildman–Crippen LogP) is 4.10. The largest absolute Gasteiger partial charge is 0.354 e. The molecule has 0 heterocycles. The Bertz CT molecular complexity index is 1320. The van der Waals surface area contributed by atoms with Gasteiger partial charge in [-0.3, -0.25) is 9.59 Å². The molecule has 3 aromatic carbocycles. The molecule has 2 amide bonds. The molecule has 192 valence electrons. The minimum Gasteiger partial charge on any atom is -0.354 e. The Morgan fingerprint density at radius 2 is 1.64 bits per heavy atom. The van der Waals surface area contributed by atoms with Gasteiger partial charge < -0.3 is 10.2 Å². The van der Waals surface area contributed by atoms with Gasteiger partial charge in [-0.25, -0.2) is 8.42 Å². The lowest BCUT2D eigenvalue weighted by atomic mass is 10.1. The molecule has 0 aliphatic heterocycles. The summed E-state index contributed by atoms with van der Waals surface area (Å²) >= 11 is 0. The van der Waals surface area contributed by atoms with E-state index in [0.29, 0.717) is 6.54 Å². The Balaban J connectivity index is 1.83. The van der Waals surface area contributed by atoms with Crippen molar-refractivity contribution in [3.8, 4) is 0 Å². The van der Waals surface area contributed by atoms with Crippen LogP contribution in [0.2, 0.25) is 0 Å². The summed E-state index contributed by atoms with van der Waals surface area (Å²) < 4.78 is 27.6. The number of hydrogen-bond acceptors (Lipinski definition) is 4. The van der Waals surface area contributed by atoms with Crippen molar-refractivity contribution < 1.29 is 18.0 Å². The Morgan fingerprint density at radius 3 is 2.33 bits per heavy atom. The molecular weight excluding hydrogens is 474 g/mol. The van der Waals surface area contributed by atoms with Crippen LogP contribution < -0.4 is 5.32 Å². The van der Waals surface area contributed by atoms with Crippen LogP contribution in [0.15, 0.2) is 71.6 Å². The fourth-order valence-electron chi connectivity index (χ4n) is 3.96. The van der Waals surface area contributed by atoms with Gasteiger partial charge in [0.25, 0.3) is 0 Å². The molecule has 0 bridgehead atoms. The number of unbranched alkanes of at least 4 members (excludes halogenated alkanes) is 1. The summed E-state index contributed by atoms with van der Waals surface area (Å²) in [6, 6.07) is 19.3. The topological polar surface area (TPSA) is 86.8 Å². The predicted molar refractivity (Wildman–Crippen MR) is 143 cm³/mol. The van der Waals surface area contributed by atoms with Gasteiger partial charge >= 0.3 is 0 Å². The number of nitrogens with one attached hydrogen (secondary N) is 1. The van der Waals surface area contributed by atoms with Gasteiger partial charge in [0.15, 0.2) is 0 Å². The van der Waals surface area contributed by atoms with Crippen LogP contribution in [0.5, 0.6) is 0 Å². The molecule has 3 rings (SSSR count). The first-order chi connectivity index (χ1) is 17.1. The lowest BCUT2D eigenvalue weighted by Gasteiger charge is -2.30. The van der Waals surface area contributed by atoms with Crippen molar-refractivity contribution in [3.05, 3.63) is 77.9 Å². The van der Waals surface area contributed by atoms with Gasteiger partial charge in [0.1, 0.15) is 6.04 Å². The average Bonchev–Trinajstić information content (AvgIpc) is 2.87. The summed E-state index contributed by atoms with van der Waals surface area (Å²) in [7, 11) is -2.53. The van der Waals surface area contributed by atoms with E-state index in [-0.39, 0.29) is 23.9 Å². The summed E-state index contributed by atoms with van der Waals surface area (Å²) in [6.07, 6.45) is 1.79. The van der Waals surface area contributed by atoms with Crippen LogP contribution in [0, 0.1) is 6.92 Å². The average molecular weight is 510 g/mol. The van der Waals surface area contributed by atoms with Gasteiger partial charge in [-0.15, -0.1) is 0 Å². The summed E-state index contributed by atoms with van der Waals surface area (Å²) in [5.41, 5.74) is 1.89. The molecule has 36 heavy (non-hydrogen) atoms. The van der Waals surface area contributed by atoms with Gasteiger partial charge in [-0.1, -0.05) is 67.9 Å². The Morgan fingerprint density at radius 1 is 0.972 bits per heavy atom. The summed E-state index contributed by atoms with van der Waals surface area (Å²) in [5, 5.41) is 4.62. The van der Waals surface area contributed by atoms with E-state index < -0.39 is 22.0 Å². The van der Waals surface area contributed by atoms with E-state index in [1.54, 1.807) is 25.1 Å². The zero-order valence-electron chi connectivity index (χ0n) is 21.4. The van der Waals surface area contributed by atoms with E-state index in [4.69, 9.17) is 0 Å². The second kappa shape index (κ2) is 12.1. The number of carbonyl (C=O) groups is 2. The summed E-state index contributed by atoms with van der Waals surface area (Å²) in [5.74, 6) is -0.700. The molecule has 0 aliphatic rings. The van der Waals surface area contributed by atoms with Gasteiger partial charge in [0.05, 0.1) is 11.4 Å². The third-order valence-corrected chi connectivity index (χ3v) is 8.19. The van der Waals surface area contributed by atoms with Crippen LogP contribution in [0.1, 0.15) is 37.8 Å². The maximum Gasteiger partial charge on any atom is 0.243 e. The van der Waals surface area contributed by atoms with Crippen LogP contribution >= 0.6 is 0 Å². The molecule has 8 heteroatoms. The highest BCUT2D eigenvalue weighted by Crippen LogP contribution is 2.22. The highest BCUT2D eigenvalue weighted by molar-refractivity contribution is 7.89. The van der Waals surface area contributed by atoms with E-state index in [2.05, 4.69) is 5.32 Å². The molecule has 0 spiro atoms. The first-order valence-electron chi connectivity index (χ1n) is 12.2. The minimum absolute atomic E-state index is 0.118. The number of nitrogens with zero attached hydrogens (tertiary/aromatic N) is 2. The quantitative estimate of drug-likeness (QED) is 0.394. The molecule has 0 fully saturated rings. The van der Waals surface area contributed by atoms with Crippen LogP contribution in [0.4, 0.5) is 0 Å². The molecule has 1 atom stereocenters. The van der Waals surface area contributed by atoms with Gasteiger partial charge in [-0.2, -0.15) is 4.31 Å². The third-order valence-electron chi connectivity index (χ3n) is 6.39. The number of likely N-dealkylation sites (N-methyl/N-ethyl adjacent to an activating group) is 1. The minimum atomic E-state index is -3.92. The zero-order valence-corrected chi connectivity index (χ0v) is 22.2. The number of benzene rings is 3. The molecule has 0 radical (unpaired) electrons. The number of rotatable bonds is 11. The highest BCUT2D eigenvalue weighted by Gasteiger charge is 2.30. The van der Waals surface area contributed by atoms with Gasteiger partial charge in [-0.05, 0) is 54.3 Å². The van der Waals surface area contributed by atoms with Crippen molar-refractivity contribution in [1.82, 2.24) is 14.5 Å². The SMILES string of the molecule is CCCCNC(=O)[C@H](C)N(Cc1ccccc1C)C(=O)CN(C)S(=O)(=O)c1ccc2ccccc2c1. The van der Waals surface area contributed by atoms with Crippen molar-refractivity contribution in [2.45, 2.75) is 51.1 Å². The molecule has 0 unspecified atom stereocenters. The normalized spacial score (nSPS) is 12.5. The molecule has 3 aromatic rings. The second-order valence-electron chi connectivity index (χ2n) is 9.04. The Hall–Kier alpha value is -3.23. The Labute approximate surface area is 214 Å². The van der Waals surface area contributed by atoms with E-state index in [9.17, 15) is 18.0 Å². The fraction of sp³-hybridized carbons (Fsp3) is 0.357. The fourth-order valence-corrected chi connectivity index (χ4v) is 5.12. The van der Waals surface area contributed by atoms with Crippen molar-refractivity contribution >= 4 is 32.6 Å². The molecule has 0 saturated heterocycles. The van der Waals surface area contributed by atoms with Crippen molar-refractivity contribution in [2.24, 2.45) is 0 Å². The number of carbonyl (C=O) groups excluding carboxylic acids is 2. The summed E-state index contributed by atoms with van der Waals surface area (Å²) in [6.45, 7) is 6.01. The zero-order chi connectivity index (χ0) is 26.3. The first-order valence-corrected chi connectivity index (χ1v) is 13.7. The van der Waals surface area contributed by atoms with E-state index in [1.807, 2.05) is 62.4 Å². The van der Waals surface area contributed by atoms with Gasteiger partial charge in [0.2, 0.25) is 21.8 Å². The number of sulfonamides is 1. The van der Waals surface area contributed by atoms with Crippen LogP contribution in [-0.4, -0.2) is 55.6 Å². The summed E-state index contributed by atoms with van der Waals surface area (Å²) in [4.78, 5) is 27.9. The number of amides is 2. The van der Waals surface area contributed by atoms with E-state index in [1.165, 1.54) is 11.9 Å². The molecule has 1 N–H and O–H groups in total. The maximum absolute atomic E-state index is 13.5. The van der Waals surface area contributed by atoms with Crippen molar-refractivity contribution in [1.29, 1.82) is 0 Å².